The van der Waals surface area contributed by atoms with Gasteiger partial charge in [-0.1, -0.05) is 0 Å². The molecule has 1 aromatic heterocycles. The van der Waals surface area contributed by atoms with Crippen LogP contribution in [0.4, 0.5) is 0 Å². The van der Waals surface area contributed by atoms with Crippen molar-refractivity contribution in [3.05, 3.63) is 23.0 Å². The number of carbonyl (C=O) groups excluding carboxylic acids is 1. The molecule has 1 heterocycles. The van der Waals surface area contributed by atoms with Crippen molar-refractivity contribution in [3.63, 3.8) is 0 Å². The second kappa shape index (κ2) is 7.83. The number of rotatable bonds is 8. The van der Waals surface area contributed by atoms with Gasteiger partial charge in [-0.2, -0.15) is 5.26 Å². The van der Waals surface area contributed by atoms with Crippen LogP contribution in [-0.4, -0.2) is 48.6 Å². The highest BCUT2D eigenvalue weighted by Gasteiger charge is 2.17. The topological polar surface area (TPSA) is 58.3 Å². The maximum Gasteiger partial charge on any atom is 0.178 e. The van der Waals surface area contributed by atoms with Crippen LogP contribution >= 0.6 is 0 Å². The quantitative estimate of drug-likeness (QED) is 0.678. The number of aromatic nitrogens is 1. The molecule has 0 atom stereocenters. The Hall–Kier alpha value is -1.64. The van der Waals surface area contributed by atoms with Gasteiger partial charge in [-0.25, -0.2) is 0 Å². The van der Waals surface area contributed by atoms with Gasteiger partial charge in [-0.05, 0) is 19.9 Å². The van der Waals surface area contributed by atoms with E-state index in [9.17, 15) is 4.79 Å². The highest BCUT2D eigenvalue weighted by Crippen LogP contribution is 2.14. The average Bonchev–Trinajstić information content (AvgIpc) is 2.69. The molecule has 20 heavy (non-hydrogen) atoms. The number of aryl methyl sites for hydroxylation is 1. The third-order valence-corrected chi connectivity index (χ3v) is 3.59. The van der Waals surface area contributed by atoms with Crippen LogP contribution in [0.3, 0.4) is 0 Å². The van der Waals surface area contributed by atoms with Crippen LogP contribution in [0.25, 0.3) is 0 Å². The molecule has 0 spiro atoms. The molecule has 5 nitrogen and oxygen atoms in total. The number of methoxy groups -OCH3 is 1. The first-order valence-corrected chi connectivity index (χ1v) is 6.75. The van der Waals surface area contributed by atoms with E-state index in [-0.39, 0.29) is 5.78 Å². The van der Waals surface area contributed by atoms with Crippen LogP contribution in [0.5, 0.6) is 0 Å². The second-order valence-electron chi connectivity index (χ2n) is 4.94. The van der Waals surface area contributed by atoms with Crippen LogP contribution in [0.15, 0.2) is 6.07 Å². The van der Waals surface area contributed by atoms with Gasteiger partial charge in [0.15, 0.2) is 5.78 Å². The summed E-state index contributed by atoms with van der Waals surface area (Å²) in [6.07, 6.45) is 0.420. The van der Waals surface area contributed by atoms with Gasteiger partial charge in [0, 0.05) is 50.6 Å². The number of ether oxygens (including phenoxy) is 1. The number of Topliss-reactive ketones (excluding diaryl/α,β-unsaturated/α-hetero) is 1. The van der Waals surface area contributed by atoms with Crippen molar-refractivity contribution in [2.75, 3.05) is 33.4 Å². The number of hydrogen-bond donors (Lipinski definition) is 0. The average molecular weight is 277 g/mol. The highest BCUT2D eigenvalue weighted by molar-refractivity contribution is 5.99. The third-order valence-electron chi connectivity index (χ3n) is 3.59. The lowest BCUT2D eigenvalue weighted by Gasteiger charge is -2.19. The number of carbonyl (C=O) groups is 1. The smallest absolute Gasteiger partial charge is 0.178 e. The molecule has 1 aromatic rings. The summed E-state index contributed by atoms with van der Waals surface area (Å²) < 4.78 is 7.06. The van der Waals surface area contributed by atoms with E-state index in [1.165, 1.54) is 0 Å². The summed E-state index contributed by atoms with van der Waals surface area (Å²) in [6.45, 7) is 6.09. The Bertz CT molecular complexity index is 500. The summed E-state index contributed by atoms with van der Waals surface area (Å²) in [7, 11) is 3.59. The van der Waals surface area contributed by atoms with Crippen molar-refractivity contribution in [2.24, 2.45) is 7.05 Å². The summed E-state index contributed by atoms with van der Waals surface area (Å²) in [5.74, 6) is 0.0974. The molecule has 0 saturated heterocycles. The van der Waals surface area contributed by atoms with E-state index in [2.05, 4.69) is 6.07 Å². The second-order valence-corrected chi connectivity index (χ2v) is 4.94. The van der Waals surface area contributed by atoms with Gasteiger partial charge in [0.2, 0.25) is 0 Å². The van der Waals surface area contributed by atoms with E-state index in [1.54, 1.807) is 7.11 Å². The Kier molecular flexibility index (Phi) is 6.43. The zero-order valence-electron chi connectivity index (χ0n) is 12.8. The molecule has 0 aromatic carbocycles. The molecule has 0 unspecified atom stereocenters. The number of nitrogens with zero attached hydrogens (tertiary/aromatic N) is 3. The summed E-state index contributed by atoms with van der Waals surface area (Å²) in [6, 6.07) is 4.04. The van der Waals surface area contributed by atoms with Crippen LogP contribution in [0.2, 0.25) is 0 Å². The molecule has 0 fully saturated rings. The predicted molar refractivity (Wildman–Crippen MR) is 77.8 cm³/mol. The van der Waals surface area contributed by atoms with Gasteiger partial charge < -0.3 is 9.30 Å². The molecule has 0 N–H and O–H groups in total. The molecule has 0 aliphatic carbocycles. The molecule has 0 aliphatic rings. The first-order valence-electron chi connectivity index (χ1n) is 6.75. The van der Waals surface area contributed by atoms with Crippen LogP contribution in [-0.2, 0) is 11.8 Å². The van der Waals surface area contributed by atoms with Gasteiger partial charge in [0.25, 0.3) is 0 Å². The van der Waals surface area contributed by atoms with Crippen LogP contribution in [0, 0.1) is 25.2 Å². The summed E-state index contributed by atoms with van der Waals surface area (Å²) in [5.41, 5.74) is 2.83. The molecule has 0 aliphatic heterocycles. The van der Waals surface area contributed by atoms with Crippen molar-refractivity contribution in [2.45, 2.75) is 20.3 Å². The fourth-order valence-electron chi connectivity index (χ4n) is 2.12. The molecule has 5 heteroatoms. The Morgan fingerprint density at radius 2 is 2.15 bits per heavy atom. The predicted octanol–water partition coefficient (Wildman–Crippen LogP) is 1.69. The van der Waals surface area contributed by atoms with E-state index in [4.69, 9.17) is 10.00 Å². The lowest BCUT2D eigenvalue weighted by molar-refractivity contribution is 0.0897. The summed E-state index contributed by atoms with van der Waals surface area (Å²) >= 11 is 0. The maximum absolute atomic E-state index is 12.4. The molecule has 0 bridgehead atoms. The minimum Gasteiger partial charge on any atom is -0.383 e. The van der Waals surface area contributed by atoms with Crippen molar-refractivity contribution >= 4 is 5.78 Å². The van der Waals surface area contributed by atoms with Crippen molar-refractivity contribution in [1.82, 2.24) is 9.47 Å². The molecule has 0 amide bonds. The van der Waals surface area contributed by atoms with Crippen LogP contribution < -0.4 is 0 Å². The largest absolute Gasteiger partial charge is 0.383 e. The molecule has 1 rings (SSSR count). The molecular weight excluding hydrogens is 254 g/mol. The van der Waals surface area contributed by atoms with Crippen LogP contribution in [0.1, 0.15) is 28.2 Å². The molecular formula is C15H23N3O2. The molecule has 0 saturated carbocycles. The first kappa shape index (κ1) is 16.4. The maximum atomic E-state index is 12.4. The van der Waals surface area contributed by atoms with Crippen molar-refractivity contribution in [3.8, 4) is 6.07 Å². The fourth-order valence-corrected chi connectivity index (χ4v) is 2.12. The number of hydrogen-bond acceptors (Lipinski definition) is 4. The third kappa shape index (κ3) is 4.19. The zero-order valence-corrected chi connectivity index (χ0v) is 12.8. The number of nitriles is 1. The van der Waals surface area contributed by atoms with Gasteiger partial charge in [0.1, 0.15) is 0 Å². The van der Waals surface area contributed by atoms with Gasteiger partial charge in [0.05, 0.1) is 19.2 Å². The SMILES string of the molecule is COCCN(CCC#N)CC(=O)c1cc(C)n(C)c1C. The van der Waals surface area contributed by atoms with E-state index in [0.29, 0.717) is 32.7 Å². The first-order chi connectivity index (χ1) is 9.51. The highest BCUT2D eigenvalue weighted by atomic mass is 16.5. The van der Waals surface area contributed by atoms with E-state index >= 15 is 0 Å². The van der Waals surface area contributed by atoms with Gasteiger partial charge in [-0.3, -0.25) is 9.69 Å². The standard InChI is InChI=1S/C15H23N3O2/c1-12-10-14(13(2)17(12)3)15(19)11-18(7-5-6-16)8-9-20-4/h10H,5,7-9,11H2,1-4H3. The Balaban J connectivity index is 2.73. The molecule has 110 valence electrons. The van der Waals surface area contributed by atoms with Crippen molar-refractivity contribution < 1.29 is 9.53 Å². The normalized spacial score (nSPS) is 10.8. The number of ketones is 1. The lowest BCUT2D eigenvalue weighted by Crippen LogP contribution is -2.33. The Morgan fingerprint density at radius 1 is 1.45 bits per heavy atom. The Morgan fingerprint density at radius 3 is 2.65 bits per heavy atom. The van der Waals surface area contributed by atoms with E-state index in [0.717, 1.165) is 17.0 Å². The zero-order chi connectivity index (χ0) is 15.1. The van der Waals surface area contributed by atoms with Gasteiger partial charge >= 0.3 is 0 Å². The minimum atomic E-state index is 0.0974. The van der Waals surface area contributed by atoms with Gasteiger partial charge in [-0.15, -0.1) is 0 Å². The lowest BCUT2D eigenvalue weighted by atomic mass is 10.1. The fraction of sp³-hybridized carbons (Fsp3) is 0.600. The monoisotopic (exact) mass is 277 g/mol. The summed E-state index contributed by atoms with van der Waals surface area (Å²) in [4.78, 5) is 14.4. The summed E-state index contributed by atoms with van der Waals surface area (Å²) in [5, 5.41) is 8.68. The van der Waals surface area contributed by atoms with Crippen molar-refractivity contribution in [1.29, 1.82) is 5.26 Å². The molecule has 0 radical (unpaired) electrons. The Labute approximate surface area is 120 Å². The van der Waals surface area contributed by atoms with E-state index in [1.807, 2.05) is 36.4 Å². The minimum absolute atomic E-state index is 0.0974. The van der Waals surface area contributed by atoms with E-state index < -0.39 is 0 Å².